The summed E-state index contributed by atoms with van der Waals surface area (Å²) in [6.45, 7) is 1.52. The van der Waals surface area contributed by atoms with Crippen LogP contribution in [0.15, 0.2) is 54.0 Å². The smallest absolute Gasteiger partial charge is 0.260 e. The minimum absolute atomic E-state index is 0.125. The summed E-state index contributed by atoms with van der Waals surface area (Å²) in [5.41, 5.74) is 1.82. The highest BCUT2D eigenvalue weighted by Crippen LogP contribution is 2.27. The number of anilines is 1. The predicted molar refractivity (Wildman–Crippen MR) is 130 cm³/mol. The number of carbonyl (C=O) groups excluding carboxylic acids is 2. The van der Waals surface area contributed by atoms with Crippen molar-refractivity contribution in [3.63, 3.8) is 0 Å². The minimum Gasteiger partial charge on any atom is -0.493 e. The lowest BCUT2D eigenvalue weighted by Crippen LogP contribution is -2.36. The summed E-state index contributed by atoms with van der Waals surface area (Å²) in [6, 6.07) is 12.3. The lowest BCUT2D eigenvalue weighted by Gasteiger charge is -2.22. The first-order valence-electron chi connectivity index (χ1n) is 10.4. The van der Waals surface area contributed by atoms with E-state index in [1.165, 1.54) is 18.4 Å². The Balaban J connectivity index is 1.71. The first-order chi connectivity index (χ1) is 15.9. The standard InChI is InChI=1S/C24H28N4O4S/c1-27(2)11-12-28(24-25-10-13-33-24)23(30)19-7-5-6-17(14-19)16-26-22(29)18-8-9-20(31-3)21(15-18)32-4/h5-10,13-15H,11-12,16H2,1-4H3,(H,26,29). The van der Waals surface area contributed by atoms with E-state index in [1.54, 1.807) is 48.5 Å². The number of thiazole rings is 1. The van der Waals surface area contributed by atoms with Gasteiger partial charge in [0.25, 0.3) is 11.8 Å². The summed E-state index contributed by atoms with van der Waals surface area (Å²) in [5.74, 6) is 0.667. The number of aromatic nitrogens is 1. The Kier molecular flexibility index (Phi) is 8.39. The molecule has 0 aliphatic carbocycles. The average Bonchev–Trinajstić information content (AvgIpc) is 3.36. The zero-order chi connectivity index (χ0) is 23.8. The Morgan fingerprint density at radius 2 is 1.79 bits per heavy atom. The van der Waals surface area contributed by atoms with E-state index in [0.29, 0.717) is 40.8 Å². The molecule has 0 unspecified atom stereocenters. The second-order valence-electron chi connectivity index (χ2n) is 7.53. The second kappa shape index (κ2) is 11.4. The van der Waals surface area contributed by atoms with E-state index in [4.69, 9.17) is 9.47 Å². The summed E-state index contributed by atoms with van der Waals surface area (Å²) in [7, 11) is 7.00. The molecule has 2 aromatic carbocycles. The number of carbonyl (C=O) groups is 2. The molecular formula is C24H28N4O4S. The molecule has 0 spiro atoms. The van der Waals surface area contributed by atoms with Crippen molar-refractivity contribution in [3.8, 4) is 11.5 Å². The number of likely N-dealkylation sites (N-methyl/N-ethyl adjacent to an activating group) is 1. The van der Waals surface area contributed by atoms with Gasteiger partial charge < -0.3 is 19.7 Å². The molecule has 0 bridgehead atoms. The van der Waals surface area contributed by atoms with Crippen molar-refractivity contribution in [3.05, 3.63) is 70.7 Å². The molecule has 0 saturated heterocycles. The molecule has 8 nitrogen and oxygen atoms in total. The monoisotopic (exact) mass is 468 g/mol. The number of ether oxygens (including phenoxy) is 2. The highest BCUT2D eigenvalue weighted by atomic mass is 32.1. The highest BCUT2D eigenvalue weighted by molar-refractivity contribution is 7.13. The summed E-state index contributed by atoms with van der Waals surface area (Å²) < 4.78 is 10.5. The molecule has 3 aromatic rings. The summed E-state index contributed by atoms with van der Waals surface area (Å²) in [6.07, 6.45) is 1.69. The third-order valence-corrected chi connectivity index (χ3v) is 5.73. The Morgan fingerprint density at radius 3 is 2.45 bits per heavy atom. The fourth-order valence-electron chi connectivity index (χ4n) is 3.17. The summed E-state index contributed by atoms with van der Waals surface area (Å²) >= 11 is 1.43. The normalized spacial score (nSPS) is 10.7. The molecule has 0 aliphatic rings. The largest absolute Gasteiger partial charge is 0.493 e. The van der Waals surface area contributed by atoms with Crippen molar-refractivity contribution in [2.24, 2.45) is 0 Å². The maximum atomic E-state index is 13.3. The van der Waals surface area contributed by atoms with Crippen LogP contribution in [0.4, 0.5) is 5.13 Å². The van der Waals surface area contributed by atoms with E-state index in [2.05, 4.69) is 10.3 Å². The summed E-state index contributed by atoms with van der Waals surface area (Å²) in [4.78, 5) is 33.9. The first kappa shape index (κ1) is 24.2. The molecule has 1 heterocycles. The van der Waals surface area contributed by atoms with Gasteiger partial charge in [0.15, 0.2) is 16.6 Å². The number of hydrogen-bond donors (Lipinski definition) is 1. The van der Waals surface area contributed by atoms with Crippen LogP contribution in [0.1, 0.15) is 26.3 Å². The quantitative estimate of drug-likeness (QED) is 0.492. The molecule has 1 aromatic heterocycles. The van der Waals surface area contributed by atoms with Crippen LogP contribution in [-0.2, 0) is 6.54 Å². The highest BCUT2D eigenvalue weighted by Gasteiger charge is 2.20. The van der Waals surface area contributed by atoms with E-state index < -0.39 is 0 Å². The van der Waals surface area contributed by atoms with Crippen LogP contribution in [0.2, 0.25) is 0 Å². The van der Waals surface area contributed by atoms with E-state index in [0.717, 1.165) is 5.56 Å². The number of hydrogen-bond acceptors (Lipinski definition) is 7. The van der Waals surface area contributed by atoms with E-state index >= 15 is 0 Å². The molecule has 1 N–H and O–H groups in total. The number of nitrogens with zero attached hydrogens (tertiary/aromatic N) is 3. The molecule has 2 amide bonds. The van der Waals surface area contributed by atoms with Gasteiger partial charge in [-0.2, -0.15) is 0 Å². The Hall–Kier alpha value is -3.43. The lowest BCUT2D eigenvalue weighted by molar-refractivity contribution is 0.0949. The number of rotatable bonds is 10. The Labute approximate surface area is 197 Å². The average molecular weight is 469 g/mol. The maximum absolute atomic E-state index is 13.3. The number of methoxy groups -OCH3 is 2. The van der Waals surface area contributed by atoms with Crippen molar-refractivity contribution in [1.82, 2.24) is 15.2 Å². The van der Waals surface area contributed by atoms with Gasteiger partial charge in [0.1, 0.15) is 0 Å². The van der Waals surface area contributed by atoms with Crippen LogP contribution < -0.4 is 19.7 Å². The number of benzene rings is 2. The van der Waals surface area contributed by atoms with E-state index in [-0.39, 0.29) is 18.4 Å². The minimum atomic E-state index is -0.247. The van der Waals surface area contributed by atoms with Gasteiger partial charge in [-0.1, -0.05) is 12.1 Å². The molecule has 9 heteroatoms. The van der Waals surface area contributed by atoms with Crippen molar-refractivity contribution in [1.29, 1.82) is 0 Å². The van der Waals surface area contributed by atoms with Crippen LogP contribution in [0, 0.1) is 0 Å². The molecule has 3 rings (SSSR count). The van der Waals surface area contributed by atoms with Crippen molar-refractivity contribution < 1.29 is 19.1 Å². The van der Waals surface area contributed by atoms with Gasteiger partial charge in [-0.25, -0.2) is 4.98 Å². The number of nitrogens with one attached hydrogen (secondary N) is 1. The molecule has 0 saturated carbocycles. The zero-order valence-corrected chi connectivity index (χ0v) is 20.0. The molecule has 0 atom stereocenters. The van der Waals surface area contributed by atoms with Crippen LogP contribution in [0.5, 0.6) is 11.5 Å². The summed E-state index contributed by atoms with van der Waals surface area (Å²) in [5, 5.41) is 5.40. The SMILES string of the molecule is COc1ccc(C(=O)NCc2cccc(C(=O)N(CCN(C)C)c3nccs3)c2)cc1OC. The fourth-order valence-corrected chi connectivity index (χ4v) is 3.83. The molecule has 0 radical (unpaired) electrons. The second-order valence-corrected chi connectivity index (χ2v) is 8.40. The third kappa shape index (κ3) is 6.30. The van der Waals surface area contributed by atoms with E-state index in [9.17, 15) is 9.59 Å². The molecule has 33 heavy (non-hydrogen) atoms. The van der Waals surface area contributed by atoms with Gasteiger partial charge >= 0.3 is 0 Å². The topological polar surface area (TPSA) is 84.0 Å². The van der Waals surface area contributed by atoms with Gasteiger partial charge in [0.2, 0.25) is 0 Å². The van der Waals surface area contributed by atoms with Gasteiger partial charge in [0, 0.05) is 42.3 Å². The molecular weight excluding hydrogens is 440 g/mol. The first-order valence-corrected chi connectivity index (χ1v) is 11.3. The predicted octanol–water partition coefficient (Wildman–Crippen LogP) is 3.30. The van der Waals surface area contributed by atoms with Crippen molar-refractivity contribution in [2.75, 3.05) is 46.3 Å². The molecule has 174 valence electrons. The van der Waals surface area contributed by atoms with Gasteiger partial charge in [-0.15, -0.1) is 11.3 Å². The molecule has 0 aliphatic heterocycles. The van der Waals surface area contributed by atoms with Crippen molar-refractivity contribution in [2.45, 2.75) is 6.54 Å². The Morgan fingerprint density at radius 1 is 1.00 bits per heavy atom. The van der Waals surface area contributed by atoms with Crippen LogP contribution in [0.3, 0.4) is 0 Å². The van der Waals surface area contributed by atoms with Gasteiger partial charge in [-0.05, 0) is 50.0 Å². The van der Waals surface area contributed by atoms with Crippen LogP contribution in [-0.4, -0.2) is 63.1 Å². The van der Waals surface area contributed by atoms with E-state index in [1.807, 2.05) is 36.5 Å². The lowest BCUT2D eigenvalue weighted by atomic mass is 10.1. The Bertz CT molecular complexity index is 1090. The van der Waals surface area contributed by atoms with Gasteiger partial charge in [0.05, 0.1) is 14.2 Å². The molecule has 0 fully saturated rings. The van der Waals surface area contributed by atoms with Crippen LogP contribution >= 0.6 is 11.3 Å². The third-order valence-electron chi connectivity index (χ3n) is 4.94. The number of amides is 2. The van der Waals surface area contributed by atoms with Gasteiger partial charge in [-0.3, -0.25) is 14.5 Å². The fraction of sp³-hybridized carbons (Fsp3) is 0.292. The maximum Gasteiger partial charge on any atom is 0.260 e. The zero-order valence-electron chi connectivity index (χ0n) is 19.2. The van der Waals surface area contributed by atoms with Crippen LogP contribution in [0.25, 0.3) is 0 Å². The van der Waals surface area contributed by atoms with Crippen molar-refractivity contribution >= 4 is 28.3 Å².